The highest BCUT2D eigenvalue weighted by molar-refractivity contribution is 9.10. The van der Waals surface area contributed by atoms with Crippen molar-refractivity contribution in [2.24, 2.45) is 0 Å². The lowest BCUT2D eigenvalue weighted by Gasteiger charge is -2.18. The Morgan fingerprint density at radius 1 is 1.15 bits per heavy atom. The van der Waals surface area contributed by atoms with Gasteiger partial charge in [-0.3, -0.25) is 0 Å². The Hall–Kier alpha value is -0.700. The zero-order valence-electron chi connectivity index (χ0n) is 11.3. The fourth-order valence-electron chi connectivity index (χ4n) is 2.06. The first kappa shape index (κ1) is 15.7. The molecule has 2 rings (SSSR count). The summed E-state index contributed by atoms with van der Waals surface area (Å²) in [6.45, 7) is 4.59. The normalized spacial score (nSPS) is 12.2. The number of aryl methyl sites for hydroxylation is 1. The minimum Gasteiger partial charge on any atom is -0.494 e. The predicted octanol–water partition coefficient (Wildman–Crippen LogP) is 6.14. The number of alkyl halides is 1. The molecule has 2 aromatic carbocycles. The maximum atomic E-state index is 6.66. The van der Waals surface area contributed by atoms with Crippen LogP contribution in [0.5, 0.6) is 5.75 Å². The van der Waals surface area contributed by atoms with Crippen molar-refractivity contribution in [2.75, 3.05) is 6.61 Å². The predicted molar refractivity (Wildman–Crippen MR) is 89.2 cm³/mol. The molecule has 20 heavy (non-hydrogen) atoms. The minimum absolute atomic E-state index is 0.298. The van der Waals surface area contributed by atoms with Crippen LogP contribution in [0.3, 0.4) is 0 Å². The van der Waals surface area contributed by atoms with Gasteiger partial charge in [0.2, 0.25) is 0 Å². The second kappa shape index (κ2) is 6.84. The first-order chi connectivity index (χ1) is 9.52. The van der Waals surface area contributed by atoms with Crippen molar-refractivity contribution in [3.63, 3.8) is 0 Å². The molecule has 0 aromatic heterocycles. The maximum Gasteiger partial charge on any atom is 0.124 e. The molecule has 4 heteroatoms. The van der Waals surface area contributed by atoms with Crippen LogP contribution in [0.2, 0.25) is 5.02 Å². The average molecular weight is 374 g/mol. The van der Waals surface area contributed by atoms with E-state index in [9.17, 15) is 0 Å². The number of ether oxygens (including phenoxy) is 1. The van der Waals surface area contributed by atoms with Crippen LogP contribution in [0.15, 0.2) is 40.9 Å². The summed E-state index contributed by atoms with van der Waals surface area (Å²) in [7, 11) is 0. The van der Waals surface area contributed by atoms with E-state index < -0.39 is 0 Å². The van der Waals surface area contributed by atoms with Gasteiger partial charge in [0, 0.05) is 15.1 Å². The van der Waals surface area contributed by atoms with Gasteiger partial charge in [0.15, 0.2) is 0 Å². The van der Waals surface area contributed by atoms with Crippen molar-refractivity contribution < 1.29 is 4.74 Å². The highest BCUT2D eigenvalue weighted by Gasteiger charge is 2.18. The molecular formula is C16H15BrCl2O. The Morgan fingerprint density at radius 2 is 1.90 bits per heavy atom. The van der Waals surface area contributed by atoms with Crippen molar-refractivity contribution in [2.45, 2.75) is 19.2 Å². The average Bonchev–Trinajstić information content (AvgIpc) is 2.43. The molecule has 0 saturated heterocycles. The Morgan fingerprint density at radius 3 is 2.60 bits per heavy atom. The quantitative estimate of drug-likeness (QED) is 0.585. The number of halogens is 3. The topological polar surface area (TPSA) is 9.23 Å². The molecule has 0 spiro atoms. The Kier molecular flexibility index (Phi) is 5.36. The van der Waals surface area contributed by atoms with Gasteiger partial charge in [-0.1, -0.05) is 33.6 Å². The minimum atomic E-state index is -0.298. The molecule has 0 aliphatic rings. The maximum absolute atomic E-state index is 6.66. The van der Waals surface area contributed by atoms with Crippen molar-refractivity contribution in [1.29, 1.82) is 0 Å². The molecule has 0 saturated carbocycles. The molecule has 0 aliphatic carbocycles. The Labute approximate surface area is 138 Å². The fourth-order valence-corrected chi connectivity index (χ4v) is 3.02. The highest BCUT2D eigenvalue weighted by Crippen LogP contribution is 2.38. The summed E-state index contributed by atoms with van der Waals surface area (Å²) in [5.41, 5.74) is 3.04. The number of benzene rings is 2. The summed E-state index contributed by atoms with van der Waals surface area (Å²) in [5.74, 6) is 0.801. The zero-order valence-corrected chi connectivity index (χ0v) is 14.4. The van der Waals surface area contributed by atoms with Crippen molar-refractivity contribution in [3.05, 3.63) is 62.6 Å². The molecule has 0 aliphatic heterocycles. The first-order valence-electron chi connectivity index (χ1n) is 6.35. The summed E-state index contributed by atoms with van der Waals surface area (Å²) in [6.07, 6.45) is 0. The van der Waals surface area contributed by atoms with E-state index in [-0.39, 0.29) is 5.38 Å². The van der Waals surface area contributed by atoms with E-state index in [1.807, 2.05) is 50.2 Å². The molecule has 1 nitrogen and oxygen atoms in total. The molecule has 106 valence electrons. The molecular weight excluding hydrogens is 359 g/mol. The number of hydrogen-bond acceptors (Lipinski definition) is 1. The van der Waals surface area contributed by atoms with E-state index in [1.165, 1.54) is 0 Å². The summed E-state index contributed by atoms with van der Waals surface area (Å²) in [6, 6.07) is 11.6. The third-order valence-electron chi connectivity index (χ3n) is 3.06. The second-order valence-corrected chi connectivity index (χ2v) is 6.27. The summed E-state index contributed by atoms with van der Waals surface area (Å²) >= 11 is 16.2. The number of rotatable bonds is 4. The van der Waals surface area contributed by atoms with Gasteiger partial charge in [-0.2, -0.15) is 0 Å². The summed E-state index contributed by atoms with van der Waals surface area (Å²) < 4.78 is 6.64. The van der Waals surface area contributed by atoms with Crippen LogP contribution in [-0.4, -0.2) is 6.61 Å². The smallest absolute Gasteiger partial charge is 0.124 e. The van der Waals surface area contributed by atoms with Crippen molar-refractivity contribution in [3.8, 4) is 5.75 Å². The van der Waals surface area contributed by atoms with E-state index >= 15 is 0 Å². The Bertz CT molecular complexity index is 613. The van der Waals surface area contributed by atoms with E-state index in [1.54, 1.807) is 0 Å². The summed E-state index contributed by atoms with van der Waals surface area (Å²) in [5, 5.41) is 0.386. The van der Waals surface area contributed by atoms with Crippen LogP contribution in [0.1, 0.15) is 29.0 Å². The third-order valence-corrected chi connectivity index (χ3v) is 4.26. The molecule has 0 amide bonds. The molecule has 0 fully saturated rings. The van der Waals surface area contributed by atoms with Crippen LogP contribution >= 0.6 is 39.1 Å². The van der Waals surface area contributed by atoms with Crippen LogP contribution in [0, 0.1) is 6.92 Å². The molecule has 0 heterocycles. The molecule has 2 aromatic rings. The van der Waals surface area contributed by atoms with Crippen molar-refractivity contribution >= 4 is 39.1 Å². The van der Waals surface area contributed by atoms with Gasteiger partial charge in [-0.05, 0) is 55.3 Å². The van der Waals surface area contributed by atoms with Crippen LogP contribution in [0.25, 0.3) is 0 Å². The summed E-state index contributed by atoms with van der Waals surface area (Å²) in [4.78, 5) is 0. The van der Waals surface area contributed by atoms with E-state index in [2.05, 4.69) is 15.9 Å². The van der Waals surface area contributed by atoms with Gasteiger partial charge in [-0.25, -0.2) is 0 Å². The lowest BCUT2D eigenvalue weighted by atomic mass is 9.99. The SMILES string of the molecule is CCOc1ccc(Br)cc1C(Cl)c1cc(Cl)ccc1C. The number of hydrogen-bond donors (Lipinski definition) is 0. The van der Waals surface area contributed by atoms with Gasteiger partial charge in [0.1, 0.15) is 5.75 Å². The monoisotopic (exact) mass is 372 g/mol. The largest absolute Gasteiger partial charge is 0.494 e. The van der Waals surface area contributed by atoms with E-state index in [0.717, 1.165) is 26.9 Å². The van der Waals surface area contributed by atoms with E-state index in [4.69, 9.17) is 27.9 Å². The molecule has 0 bridgehead atoms. The molecule has 1 atom stereocenters. The first-order valence-corrected chi connectivity index (χ1v) is 7.96. The lowest BCUT2D eigenvalue weighted by Crippen LogP contribution is -2.02. The lowest BCUT2D eigenvalue weighted by molar-refractivity contribution is 0.337. The van der Waals surface area contributed by atoms with Crippen LogP contribution < -0.4 is 4.74 Å². The van der Waals surface area contributed by atoms with Gasteiger partial charge in [0.05, 0.1) is 12.0 Å². The standard InChI is InChI=1S/C16H15BrCl2O/c1-3-20-15-7-5-11(17)8-14(15)16(19)13-9-12(18)6-4-10(13)2/h4-9,16H,3H2,1-2H3. The zero-order chi connectivity index (χ0) is 14.7. The van der Waals surface area contributed by atoms with Gasteiger partial charge < -0.3 is 4.74 Å². The van der Waals surface area contributed by atoms with Crippen molar-refractivity contribution in [1.82, 2.24) is 0 Å². The van der Waals surface area contributed by atoms with Gasteiger partial charge in [0.25, 0.3) is 0 Å². The van der Waals surface area contributed by atoms with Gasteiger partial charge in [-0.15, -0.1) is 11.6 Å². The molecule has 0 radical (unpaired) electrons. The molecule has 0 N–H and O–H groups in total. The van der Waals surface area contributed by atoms with Gasteiger partial charge >= 0.3 is 0 Å². The fraction of sp³-hybridized carbons (Fsp3) is 0.250. The van der Waals surface area contributed by atoms with Crippen LogP contribution in [0.4, 0.5) is 0 Å². The van der Waals surface area contributed by atoms with Crippen LogP contribution in [-0.2, 0) is 0 Å². The van der Waals surface area contributed by atoms with E-state index in [0.29, 0.717) is 11.6 Å². The third kappa shape index (κ3) is 3.49. The second-order valence-electron chi connectivity index (χ2n) is 4.48. The highest BCUT2D eigenvalue weighted by atomic mass is 79.9. The molecule has 1 unspecified atom stereocenters. The Balaban J connectivity index is 2.49.